The third-order valence-corrected chi connectivity index (χ3v) is 6.81. The van der Waals surface area contributed by atoms with Crippen LogP contribution in [0, 0.1) is 0 Å². The van der Waals surface area contributed by atoms with Crippen LogP contribution < -0.4 is 11.1 Å². The summed E-state index contributed by atoms with van der Waals surface area (Å²) in [5.41, 5.74) is 8.85. The van der Waals surface area contributed by atoms with Crippen molar-refractivity contribution in [2.75, 3.05) is 25.5 Å². The highest BCUT2D eigenvalue weighted by Gasteiger charge is 2.36. The van der Waals surface area contributed by atoms with Gasteiger partial charge in [0.15, 0.2) is 12.2 Å². The summed E-state index contributed by atoms with van der Waals surface area (Å²) in [5, 5.41) is 23.7. The third-order valence-electron chi connectivity index (χ3n) is 6.81. The van der Waals surface area contributed by atoms with Crippen LogP contribution in [0.15, 0.2) is 66.7 Å². The number of carbonyl (C=O) groups is 3. The lowest BCUT2D eigenvalue weighted by Crippen LogP contribution is -2.49. The summed E-state index contributed by atoms with van der Waals surface area (Å²) >= 11 is 0. The SMILES string of the molecule is Nc1ccc(CCCCCOC(C(=O)NCCCCCc2ccc3ccccc3c2)C(OCC(=O)O)C(=O)O)cc1. The van der Waals surface area contributed by atoms with Gasteiger partial charge < -0.3 is 30.7 Å². The summed E-state index contributed by atoms with van der Waals surface area (Å²) in [6.07, 6.45) is 3.45. The normalized spacial score (nSPS) is 12.6. The van der Waals surface area contributed by atoms with Gasteiger partial charge in [0.2, 0.25) is 0 Å². The lowest BCUT2D eigenvalue weighted by Gasteiger charge is -2.23. The van der Waals surface area contributed by atoms with E-state index in [0.29, 0.717) is 25.1 Å². The number of ether oxygens (including phenoxy) is 2. The molecule has 0 fully saturated rings. The number of benzene rings is 3. The Morgan fingerprint density at radius 1 is 0.732 bits per heavy atom. The quantitative estimate of drug-likeness (QED) is 0.122. The number of nitrogens with two attached hydrogens (primary N) is 1. The van der Waals surface area contributed by atoms with E-state index in [0.717, 1.165) is 38.5 Å². The second kappa shape index (κ2) is 17.0. The molecule has 3 aromatic carbocycles. The van der Waals surface area contributed by atoms with E-state index in [1.54, 1.807) is 0 Å². The Morgan fingerprint density at radius 2 is 1.39 bits per heavy atom. The second-order valence-electron chi connectivity index (χ2n) is 10.1. The number of fused-ring (bicyclic) bond motifs is 1. The third kappa shape index (κ3) is 11.2. The first-order valence-corrected chi connectivity index (χ1v) is 14.1. The molecule has 0 saturated carbocycles. The molecule has 9 heteroatoms. The number of anilines is 1. The highest BCUT2D eigenvalue weighted by molar-refractivity contribution is 5.88. The molecule has 0 saturated heterocycles. The molecule has 0 aliphatic carbocycles. The minimum absolute atomic E-state index is 0.145. The standard InChI is InChI=1S/C32H40N2O7/c33-27-17-14-23(15-18-27)9-4-2-8-20-40-29(30(32(38)39)41-22-28(35)36)31(37)34-19-7-1-3-10-24-13-16-25-11-5-6-12-26(25)21-24/h5-6,11-18,21,29-30H,1-4,7-10,19-20,22,33H2,(H,34,37)(H,35,36)(H,38,39). The summed E-state index contributed by atoms with van der Waals surface area (Å²) in [7, 11) is 0. The van der Waals surface area contributed by atoms with E-state index < -0.39 is 36.7 Å². The number of hydrogen-bond donors (Lipinski definition) is 4. The molecule has 0 bridgehead atoms. The Balaban J connectivity index is 1.42. The molecule has 0 aromatic heterocycles. The van der Waals surface area contributed by atoms with Gasteiger partial charge in [-0.1, -0.05) is 67.4 Å². The van der Waals surface area contributed by atoms with Crippen molar-refractivity contribution < 1.29 is 34.1 Å². The molecule has 220 valence electrons. The Morgan fingerprint density at radius 3 is 2.10 bits per heavy atom. The highest BCUT2D eigenvalue weighted by Crippen LogP contribution is 2.17. The minimum atomic E-state index is -1.73. The molecule has 2 unspecified atom stereocenters. The molecule has 0 spiro atoms. The van der Waals surface area contributed by atoms with Gasteiger partial charge >= 0.3 is 11.9 Å². The fraction of sp³-hybridized carbons (Fsp3) is 0.406. The smallest absolute Gasteiger partial charge is 0.336 e. The zero-order valence-corrected chi connectivity index (χ0v) is 23.3. The first kappa shape index (κ1) is 31.6. The summed E-state index contributed by atoms with van der Waals surface area (Å²) in [6.45, 7) is -0.352. The molecule has 1 amide bonds. The topological polar surface area (TPSA) is 148 Å². The maximum absolute atomic E-state index is 12.9. The second-order valence-corrected chi connectivity index (χ2v) is 10.1. The largest absolute Gasteiger partial charge is 0.480 e. The van der Waals surface area contributed by atoms with Crippen LogP contribution >= 0.6 is 0 Å². The Labute approximate surface area is 240 Å². The maximum atomic E-state index is 12.9. The van der Waals surface area contributed by atoms with Crippen molar-refractivity contribution in [3.05, 3.63) is 77.9 Å². The fourth-order valence-electron chi connectivity index (χ4n) is 4.59. The van der Waals surface area contributed by atoms with Crippen molar-refractivity contribution >= 4 is 34.3 Å². The Hall–Kier alpha value is -3.95. The molecule has 9 nitrogen and oxygen atoms in total. The molecule has 3 rings (SSSR count). The number of carbonyl (C=O) groups excluding carboxylic acids is 1. The molecular weight excluding hydrogens is 524 g/mol. The average Bonchev–Trinajstić information content (AvgIpc) is 2.96. The summed E-state index contributed by atoms with van der Waals surface area (Å²) < 4.78 is 10.7. The van der Waals surface area contributed by atoms with Crippen molar-refractivity contribution in [2.45, 2.75) is 63.6 Å². The van der Waals surface area contributed by atoms with Crippen LogP contribution in [0.3, 0.4) is 0 Å². The van der Waals surface area contributed by atoms with Gasteiger partial charge in [0.1, 0.15) is 6.61 Å². The van der Waals surface area contributed by atoms with Crippen LogP contribution in [-0.4, -0.2) is 60.0 Å². The number of carboxylic acid groups (broad SMARTS) is 2. The molecule has 3 aromatic rings. The number of rotatable bonds is 19. The van der Waals surface area contributed by atoms with Gasteiger partial charge in [0, 0.05) is 18.8 Å². The molecule has 0 aliphatic rings. The van der Waals surface area contributed by atoms with Gasteiger partial charge in [-0.3, -0.25) is 4.79 Å². The first-order valence-electron chi connectivity index (χ1n) is 14.1. The number of hydrogen-bond acceptors (Lipinski definition) is 6. The van der Waals surface area contributed by atoms with E-state index in [9.17, 15) is 19.5 Å². The molecular formula is C32H40N2O7. The van der Waals surface area contributed by atoms with Gasteiger partial charge in [0.25, 0.3) is 5.91 Å². The van der Waals surface area contributed by atoms with Crippen LogP contribution in [0.25, 0.3) is 10.8 Å². The fourth-order valence-corrected chi connectivity index (χ4v) is 4.59. The van der Waals surface area contributed by atoms with Crippen molar-refractivity contribution in [2.24, 2.45) is 0 Å². The van der Waals surface area contributed by atoms with Gasteiger partial charge in [-0.2, -0.15) is 0 Å². The number of nitrogen functional groups attached to an aromatic ring is 1. The van der Waals surface area contributed by atoms with Crippen LogP contribution in [0.5, 0.6) is 0 Å². The zero-order chi connectivity index (χ0) is 29.5. The van der Waals surface area contributed by atoms with Gasteiger partial charge in [-0.05, 0) is 72.6 Å². The van der Waals surface area contributed by atoms with Crippen LogP contribution in [0.2, 0.25) is 0 Å². The van der Waals surface area contributed by atoms with Crippen molar-refractivity contribution in [1.29, 1.82) is 0 Å². The van der Waals surface area contributed by atoms with Crippen molar-refractivity contribution in [3.63, 3.8) is 0 Å². The Bertz CT molecular complexity index is 1260. The minimum Gasteiger partial charge on any atom is -0.480 e. The monoisotopic (exact) mass is 564 g/mol. The summed E-state index contributed by atoms with van der Waals surface area (Å²) in [5.74, 6) is -3.41. The van der Waals surface area contributed by atoms with E-state index >= 15 is 0 Å². The zero-order valence-electron chi connectivity index (χ0n) is 23.3. The Kier molecular flexibility index (Phi) is 13.1. The van der Waals surface area contributed by atoms with E-state index in [2.05, 4.69) is 35.6 Å². The van der Waals surface area contributed by atoms with E-state index in [4.69, 9.17) is 20.3 Å². The first-order chi connectivity index (χ1) is 19.8. The van der Waals surface area contributed by atoms with Crippen molar-refractivity contribution in [1.82, 2.24) is 5.32 Å². The number of unbranched alkanes of at least 4 members (excludes halogenated alkanes) is 4. The highest BCUT2D eigenvalue weighted by atomic mass is 16.6. The molecule has 0 aliphatic heterocycles. The molecule has 0 heterocycles. The lowest BCUT2D eigenvalue weighted by atomic mass is 10.0. The van der Waals surface area contributed by atoms with Gasteiger partial charge in [-0.15, -0.1) is 0 Å². The molecule has 5 N–H and O–H groups in total. The number of amides is 1. The van der Waals surface area contributed by atoms with Gasteiger partial charge in [-0.25, -0.2) is 9.59 Å². The molecule has 2 atom stereocenters. The van der Waals surface area contributed by atoms with Crippen LogP contribution in [-0.2, 0) is 36.7 Å². The average molecular weight is 565 g/mol. The van der Waals surface area contributed by atoms with E-state index in [1.807, 2.05) is 36.4 Å². The van der Waals surface area contributed by atoms with Gasteiger partial charge in [0.05, 0.1) is 0 Å². The van der Waals surface area contributed by atoms with Crippen LogP contribution in [0.4, 0.5) is 5.69 Å². The maximum Gasteiger partial charge on any atom is 0.336 e. The molecule has 0 radical (unpaired) electrons. The predicted molar refractivity (Wildman–Crippen MR) is 158 cm³/mol. The van der Waals surface area contributed by atoms with Crippen LogP contribution in [0.1, 0.15) is 49.7 Å². The predicted octanol–water partition coefficient (Wildman–Crippen LogP) is 4.60. The summed E-state index contributed by atoms with van der Waals surface area (Å²) in [6, 6.07) is 22.3. The lowest BCUT2D eigenvalue weighted by molar-refractivity contribution is -0.172. The van der Waals surface area contributed by atoms with E-state index in [1.165, 1.54) is 21.9 Å². The number of aryl methyl sites for hydroxylation is 2. The van der Waals surface area contributed by atoms with E-state index in [-0.39, 0.29) is 6.61 Å². The number of nitrogens with one attached hydrogen (secondary N) is 1. The number of aliphatic carboxylic acids is 2. The molecule has 41 heavy (non-hydrogen) atoms. The number of carboxylic acids is 2. The summed E-state index contributed by atoms with van der Waals surface area (Å²) in [4.78, 5) is 35.7. The van der Waals surface area contributed by atoms with Crippen molar-refractivity contribution in [3.8, 4) is 0 Å².